The molecule has 2 heterocycles. The molecule has 0 radical (unpaired) electrons. The van der Waals surface area contributed by atoms with Gasteiger partial charge in [-0.05, 0) is 44.3 Å². The number of nitrogens with zero attached hydrogens (tertiary/aromatic N) is 2. The molecule has 0 N–H and O–H groups in total. The molecule has 2 aromatic carbocycles. The van der Waals surface area contributed by atoms with Gasteiger partial charge in [0.05, 0.1) is 13.2 Å². The normalized spacial score (nSPS) is 13.5. The fourth-order valence-corrected chi connectivity index (χ4v) is 6.14. The first-order valence-electron chi connectivity index (χ1n) is 11.4. The molecule has 0 amide bonds. The lowest BCUT2D eigenvalue weighted by molar-refractivity contribution is 0.348. The average molecular weight is 475 g/mol. The van der Waals surface area contributed by atoms with E-state index >= 15 is 0 Å². The summed E-state index contributed by atoms with van der Waals surface area (Å²) >= 11 is 3.24. The molecule has 0 unspecified atom stereocenters. The maximum atomic E-state index is 6.06. The van der Waals surface area contributed by atoms with E-state index in [1.165, 1.54) is 11.1 Å². The molecule has 0 fully saturated rings. The third-order valence-corrected chi connectivity index (χ3v) is 7.61. The van der Waals surface area contributed by atoms with Crippen molar-refractivity contribution in [1.29, 1.82) is 0 Å². The molecule has 0 aliphatic heterocycles. The number of allylic oxidation sites excluding steroid dienone is 2. The molecule has 0 saturated carbocycles. The van der Waals surface area contributed by atoms with Crippen molar-refractivity contribution in [1.82, 2.24) is 9.97 Å². The predicted octanol–water partition coefficient (Wildman–Crippen LogP) is 7.83. The Hall–Kier alpha value is -2.96. The Morgan fingerprint density at radius 3 is 1.48 bits per heavy atom. The number of hydrogen-bond acceptors (Lipinski definition) is 6. The topological polar surface area (TPSA) is 44.2 Å². The van der Waals surface area contributed by atoms with Gasteiger partial charge in [0, 0.05) is 11.1 Å². The van der Waals surface area contributed by atoms with Crippen LogP contribution in [0.4, 0.5) is 0 Å². The minimum Gasteiger partial charge on any atom is -0.483 e. The highest BCUT2D eigenvalue weighted by atomic mass is 32.1. The van der Waals surface area contributed by atoms with Crippen LogP contribution >= 0.6 is 22.7 Å². The number of hydrogen-bond donors (Lipinski definition) is 0. The Bertz CT molecular complexity index is 1160. The molecule has 2 aromatic heterocycles. The van der Waals surface area contributed by atoms with Crippen LogP contribution in [0.25, 0.3) is 32.3 Å². The molecule has 4 nitrogen and oxygen atoms in total. The average Bonchev–Trinajstić information content (AvgIpc) is 3.59. The molecule has 0 atom stereocenters. The largest absolute Gasteiger partial charge is 0.483 e. The maximum absolute atomic E-state index is 6.06. The number of benzene rings is 2. The minimum absolute atomic E-state index is 0.616. The lowest BCUT2D eigenvalue weighted by Crippen LogP contribution is -1.96. The van der Waals surface area contributed by atoms with E-state index in [1.807, 2.05) is 50.2 Å². The molecule has 1 aliphatic carbocycles. The SMILES string of the molecule is CCOc1sc(-c2ccccc2)nc1C1=C(c2nc(-c3ccccc3)sc2OCC)CCC1. The molecule has 0 saturated heterocycles. The lowest BCUT2D eigenvalue weighted by Gasteiger charge is -2.08. The molecular weight excluding hydrogens is 448 g/mol. The van der Waals surface area contributed by atoms with Crippen LogP contribution in [-0.2, 0) is 0 Å². The molecule has 168 valence electrons. The van der Waals surface area contributed by atoms with Crippen molar-refractivity contribution in [2.45, 2.75) is 33.1 Å². The summed E-state index contributed by atoms with van der Waals surface area (Å²) in [5.41, 5.74) is 6.63. The van der Waals surface area contributed by atoms with Gasteiger partial charge in [-0.2, -0.15) is 0 Å². The van der Waals surface area contributed by atoms with Crippen LogP contribution in [0.5, 0.6) is 10.1 Å². The summed E-state index contributed by atoms with van der Waals surface area (Å²) in [5, 5.41) is 3.76. The Morgan fingerprint density at radius 1 is 0.667 bits per heavy atom. The van der Waals surface area contributed by atoms with E-state index in [1.54, 1.807) is 22.7 Å². The highest BCUT2D eigenvalue weighted by Crippen LogP contribution is 2.49. The van der Waals surface area contributed by atoms with Crippen molar-refractivity contribution in [3.05, 3.63) is 72.1 Å². The number of ether oxygens (including phenoxy) is 2. The number of rotatable bonds is 8. The number of aromatic nitrogens is 2. The van der Waals surface area contributed by atoms with Crippen molar-refractivity contribution in [2.75, 3.05) is 13.2 Å². The molecule has 0 bridgehead atoms. The van der Waals surface area contributed by atoms with Crippen molar-refractivity contribution >= 4 is 33.8 Å². The van der Waals surface area contributed by atoms with Gasteiger partial charge in [0.15, 0.2) is 0 Å². The highest BCUT2D eigenvalue weighted by Gasteiger charge is 2.28. The second kappa shape index (κ2) is 9.89. The van der Waals surface area contributed by atoms with Crippen LogP contribution in [0, 0.1) is 0 Å². The molecular formula is C27H26N2O2S2. The van der Waals surface area contributed by atoms with Crippen molar-refractivity contribution in [3.63, 3.8) is 0 Å². The first kappa shape index (κ1) is 21.9. The smallest absolute Gasteiger partial charge is 0.202 e. The highest BCUT2D eigenvalue weighted by molar-refractivity contribution is 7.17. The second-order valence-corrected chi connectivity index (χ2v) is 9.64. The molecule has 1 aliphatic rings. The summed E-state index contributed by atoms with van der Waals surface area (Å²) in [7, 11) is 0. The summed E-state index contributed by atoms with van der Waals surface area (Å²) in [6, 6.07) is 20.6. The second-order valence-electron chi connectivity index (χ2n) is 7.72. The Balaban J connectivity index is 1.62. The van der Waals surface area contributed by atoms with Crippen LogP contribution in [-0.4, -0.2) is 23.2 Å². The van der Waals surface area contributed by atoms with Crippen LogP contribution in [0.1, 0.15) is 44.5 Å². The van der Waals surface area contributed by atoms with Crippen LogP contribution in [0.2, 0.25) is 0 Å². The summed E-state index contributed by atoms with van der Waals surface area (Å²) in [6.45, 7) is 5.28. The van der Waals surface area contributed by atoms with Crippen LogP contribution in [0.3, 0.4) is 0 Å². The quantitative estimate of drug-likeness (QED) is 0.261. The van der Waals surface area contributed by atoms with E-state index in [9.17, 15) is 0 Å². The number of thiazole rings is 2. The Morgan fingerprint density at radius 2 is 1.09 bits per heavy atom. The summed E-state index contributed by atoms with van der Waals surface area (Å²) in [4.78, 5) is 10.1. The third-order valence-electron chi connectivity index (χ3n) is 5.57. The molecule has 6 heteroatoms. The molecule has 33 heavy (non-hydrogen) atoms. The van der Waals surface area contributed by atoms with Gasteiger partial charge < -0.3 is 9.47 Å². The maximum Gasteiger partial charge on any atom is 0.202 e. The van der Waals surface area contributed by atoms with Gasteiger partial charge in [-0.25, -0.2) is 9.97 Å². The monoisotopic (exact) mass is 474 g/mol. The van der Waals surface area contributed by atoms with Gasteiger partial charge >= 0.3 is 0 Å². The van der Waals surface area contributed by atoms with E-state index in [2.05, 4.69) is 24.3 Å². The van der Waals surface area contributed by atoms with Gasteiger partial charge in [-0.15, -0.1) is 0 Å². The predicted molar refractivity (Wildman–Crippen MR) is 138 cm³/mol. The van der Waals surface area contributed by atoms with Crippen molar-refractivity contribution in [3.8, 4) is 31.3 Å². The van der Waals surface area contributed by atoms with Crippen molar-refractivity contribution in [2.24, 2.45) is 0 Å². The summed E-state index contributed by atoms with van der Waals surface area (Å²) in [5.74, 6) is 0. The van der Waals surface area contributed by atoms with E-state index < -0.39 is 0 Å². The third kappa shape index (κ3) is 4.45. The van der Waals surface area contributed by atoms with Gasteiger partial charge in [0.1, 0.15) is 21.4 Å². The summed E-state index contributed by atoms with van der Waals surface area (Å²) < 4.78 is 12.1. The molecule has 5 rings (SSSR count). The van der Waals surface area contributed by atoms with Crippen LogP contribution < -0.4 is 9.47 Å². The van der Waals surface area contributed by atoms with Crippen LogP contribution in [0.15, 0.2) is 60.7 Å². The first-order chi connectivity index (χ1) is 16.3. The minimum atomic E-state index is 0.616. The standard InChI is InChI=1S/C27H26N2O2S2/c1-3-30-26-22(28-24(32-26)18-12-7-5-8-13-18)20-16-11-17-21(20)23-27(31-4-2)33-25(29-23)19-14-9-6-10-15-19/h5-10,12-15H,3-4,11,16-17H2,1-2H3. The van der Waals surface area contributed by atoms with E-state index in [-0.39, 0.29) is 0 Å². The Kier molecular flexibility index (Phi) is 6.55. The Labute approximate surface area is 202 Å². The first-order valence-corrected chi connectivity index (χ1v) is 13.0. The summed E-state index contributed by atoms with van der Waals surface area (Å²) in [6.07, 6.45) is 3.02. The zero-order valence-corrected chi connectivity index (χ0v) is 20.5. The van der Waals surface area contributed by atoms with Gasteiger partial charge in [0.25, 0.3) is 0 Å². The zero-order valence-electron chi connectivity index (χ0n) is 18.8. The molecule has 0 spiro atoms. The van der Waals surface area contributed by atoms with E-state index in [4.69, 9.17) is 19.4 Å². The van der Waals surface area contributed by atoms with Gasteiger partial charge in [-0.1, -0.05) is 83.3 Å². The molecule has 4 aromatic rings. The van der Waals surface area contributed by atoms with E-state index in [0.717, 1.165) is 61.9 Å². The van der Waals surface area contributed by atoms with Gasteiger partial charge in [0.2, 0.25) is 10.1 Å². The fourth-order valence-electron chi connectivity index (χ4n) is 4.13. The zero-order chi connectivity index (χ0) is 22.6. The van der Waals surface area contributed by atoms with Gasteiger partial charge in [-0.3, -0.25) is 0 Å². The van der Waals surface area contributed by atoms with E-state index in [0.29, 0.717) is 13.2 Å². The van der Waals surface area contributed by atoms with Crippen molar-refractivity contribution < 1.29 is 9.47 Å². The lowest BCUT2D eigenvalue weighted by atomic mass is 10.1. The fraction of sp³-hybridized carbons (Fsp3) is 0.259.